The maximum absolute atomic E-state index is 6.28. The molecule has 0 aliphatic carbocycles. The van der Waals surface area contributed by atoms with Gasteiger partial charge in [0.2, 0.25) is 0 Å². The fourth-order valence-electron chi connectivity index (χ4n) is 2.62. The Balaban J connectivity index is 1.82. The molecule has 2 aliphatic rings. The van der Waals surface area contributed by atoms with Gasteiger partial charge in [-0.2, -0.15) is 0 Å². The van der Waals surface area contributed by atoms with Crippen molar-refractivity contribution in [2.45, 2.75) is 31.7 Å². The molecule has 98 valence electrons. The summed E-state index contributed by atoms with van der Waals surface area (Å²) in [5.74, 6) is 1.50. The normalized spacial score (nSPS) is 22.8. The summed E-state index contributed by atoms with van der Waals surface area (Å²) in [5.41, 5.74) is 1.23. The summed E-state index contributed by atoms with van der Waals surface area (Å²) in [5, 5.41) is 4.17. The molecule has 18 heavy (non-hydrogen) atoms. The average Bonchev–Trinajstić information content (AvgIpc) is 2.73. The molecule has 3 rings (SSSR count). The van der Waals surface area contributed by atoms with E-state index in [9.17, 15) is 0 Å². The molecule has 1 fully saturated rings. The second-order valence-electron chi connectivity index (χ2n) is 4.95. The number of halogens is 1. The van der Waals surface area contributed by atoms with Crippen LogP contribution in [0.4, 0.5) is 0 Å². The summed E-state index contributed by atoms with van der Waals surface area (Å²) in [6.45, 7) is 2.51. The molecule has 0 aromatic heterocycles. The van der Waals surface area contributed by atoms with Crippen molar-refractivity contribution < 1.29 is 9.47 Å². The molecule has 3 nitrogen and oxygen atoms in total. The molecule has 2 aliphatic heterocycles. The monoisotopic (exact) mass is 267 g/mol. The largest absolute Gasteiger partial charge is 0.489 e. The van der Waals surface area contributed by atoms with Gasteiger partial charge in [0.05, 0.1) is 18.2 Å². The van der Waals surface area contributed by atoms with Gasteiger partial charge < -0.3 is 14.8 Å². The zero-order valence-corrected chi connectivity index (χ0v) is 11.1. The van der Waals surface area contributed by atoms with Crippen LogP contribution in [-0.4, -0.2) is 25.8 Å². The van der Waals surface area contributed by atoms with Crippen molar-refractivity contribution in [3.63, 3.8) is 0 Å². The van der Waals surface area contributed by atoms with E-state index in [1.165, 1.54) is 18.4 Å². The molecule has 1 saturated heterocycles. The van der Waals surface area contributed by atoms with Crippen LogP contribution < -0.4 is 14.8 Å². The highest BCUT2D eigenvalue weighted by Gasteiger charge is 2.19. The summed E-state index contributed by atoms with van der Waals surface area (Å²) < 4.78 is 11.3. The molecule has 0 spiro atoms. The van der Waals surface area contributed by atoms with E-state index in [0.717, 1.165) is 25.1 Å². The van der Waals surface area contributed by atoms with Crippen molar-refractivity contribution in [2.75, 3.05) is 19.8 Å². The quantitative estimate of drug-likeness (QED) is 0.894. The van der Waals surface area contributed by atoms with Gasteiger partial charge in [-0.25, -0.2) is 0 Å². The molecular formula is C14H18ClNO2. The van der Waals surface area contributed by atoms with E-state index < -0.39 is 0 Å². The number of rotatable bonds is 2. The van der Waals surface area contributed by atoms with Gasteiger partial charge >= 0.3 is 0 Å². The molecule has 1 unspecified atom stereocenters. The van der Waals surface area contributed by atoms with Crippen LogP contribution in [0.15, 0.2) is 12.1 Å². The molecule has 1 aromatic rings. The Kier molecular flexibility index (Phi) is 3.62. The van der Waals surface area contributed by atoms with Crippen molar-refractivity contribution >= 4 is 11.6 Å². The lowest BCUT2D eigenvalue weighted by Gasteiger charge is -2.14. The molecule has 0 bridgehead atoms. The van der Waals surface area contributed by atoms with Crippen molar-refractivity contribution in [3.8, 4) is 11.5 Å². The topological polar surface area (TPSA) is 30.5 Å². The Labute approximate surface area is 112 Å². The van der Waals surface area contributed by atoms with E-state index in [1.54, 1.807) is 0 Å². The van der Waals surface area contributed by atoms with Crippen LogP contribution in [0.5, 0.6) is 11.5 Å². The molecule has 4 heteroatoms. The van der Waals surface area contributed by atoms with Crippen LogP contribution in [0.2, 0.25) is 5.02 Å². The Bertz CT molecular complexity index is 430. The maximum Gasteiger partial charge on any atom is 0.179 e. The predicted octanol–water partition coefficient (Wildman–Crippen LogP) is 2.80. The van der Waals surface area contributed by atoms with Crippen molar-refractivity contribution in [3.05, 3.63) is 22.7 Å². The predicted molar refractivity (Wildman–Crippen MR) is 71.8 cm³/mol. The Morgan fingerprint density at radius 3 is 2.94 bits per heavy atom. The van der Waals surface area contributed by atoms with Crippen LogP contribution in [0.1, 0.15) is 24.8 Å². The SMILES string of the molecule is Clc1cc(CC2CCCN2)cc2c1OCCCO2. The van der Waals surface area contributed by atoms with Gasteiger partial charge in [0.15, 0.2) is 11.5 Å². The summed E-state index contributed by atoms with van der Waals surface area (Å²) in [6, 6.07) is 4.66. The van der Waals surface area contributed by atoms with Gasteiger partial charge in [-0.1, -0.05) is 11.6 Å². The molecule has 1 atom stereocenters. The first-order valence-corrected chi connectivity index (χ1v) is 7.02. The molecule has 0 saturated carbocycles. The van der Waals surface area contributed by atoms with E-state index in [1.807, 2.05) is 6.07 Å². The zero-order valence-electron chi connectivity index (χ0n) is 10.4. The van der Waals surface area contributed by atoms with Crippen LogP contribution in [0.3, 0.4) is 0 Å². The van der Waals surface area contributed by atoms with E-state index in [-0.39, 0.29) is 0 Å². The number of fused-ring (bicyclic) bond motifs is 1. The number of benzene rings is 1. The third kappa shape index (κ3) is 2.57. The van der Waals surface area contributed by atoms with E-state index in [2.05, 4.69) is 11.4 Å². The minimum atomic E-state index is 0.575. The Morgan fingerprint density at radius 1 is 1.22 bits per heavy atom. The van der Waals surface area contributed by atoms with Crippen molar-refractivity contribution in [2.24, 2.45) is 0 Å². The van der Waals surface area contributed by atoms with Gasteiger partial charge in [0.25, 0.3) is 0 Å². The first-order chi connectivity index (χ1) is 8.83. The second-order valence-corrected chi connectivity index (χ2v) is 5.36. The fourth-order valence-corrected chi connectivity index (χ4v) is 2.91. The molecule has 1 aromatic carbocycles. The number of hydrogen-bond donors (Lipinski definition) is 1. The van der Waals surface area contributed by atoms with E-state index >= 15 is 0 Å². The van der Waals surface area contributed by atoms with Crippen LogP contribution in [0, 0.1) is 0 Å². The molecule has 0 amide bonds. The highest BCUT2D eigenvalue weighted by atomic mass is 35.5. The van der Waals surface area contributed by atoms with Crippen LogP contribution in [0.25, 0.3) is 0 Å². The van der Waals surface area contributed by atoms with Gasteiger partial charge in [-0.05, 0) is 43.5 Å². The maximum atomic E-state index is 6.28. The Hall–Kier alpha value is -0.930. The van der Waals surface area contributed by atoms with E-state index in [0.29, 0.717) is 30.0 Å². The summed E-state index contributed by atoms with van der Waals surface area (Å²) in [4.78, 5) is 0. The zero-order chi connectivity index (χ0) is 12.4. The highest BCUT2D eigenvalue weighted by Crippen LogP contribution is 2.38. The minimum Gasteiger partial charge on any atom is -0.489 e. The fraction of sp³-hybridized carbons (Fsp3) is 0.571. The smallest absolute Gasteiger partial charge is 0.179 e. The average molecular weight is 268 g/mol. The summed E-state index contributed by atoms with van der Waals surface area (Å²) in [7, 11) is 0. The molecule has 2 heterocycles. The lowest BCUT2D eigenvalue weighted by molar-refractivity contribution is 0.297. The van der Waals surface area contributed by atoms with Gasteiger partial charge in [0.1, 0.15) is 0 Å². The standard InChI is InChI=1S/C14H18ClNO2/c15-12-8-10(7-11-3-1-4-16-11)9-13-14(12)18-6-2-5-17-13/h8-9,11,16H,1-7H2. The van der Waals surface area contributed by atoms with Crippen molar-refractivity contribution in [1.29, 1.82) is 0 Å². The van der Waals surface area contributed by atoms with Crippen LogP contribution >= 0.6 is 11.6 Å². The molecule has 0 radical (unpaired) electrons. The lowest BCUT2D eigenvalue weighted by atomic mass is 10.0. The molecule has 1 N–H and O–H groups in total. The van der Waals surface area contributed by atoms with E-state index in [4.69, 9.17) is 21.1 Å². The summed E-state index contributed by atoms with van der Waals surface area (Å²) >= 11 is 6.28. The third-order valence-corrected chi connectivity index (χ3v) is 3.79. The van der Waals surface area contributed by atoms with Crippen LogP contribution in [-0.2, 0) is 6.42 Å². The number of nitrogens with one attached hydrogen (secondary N) is 1. The van der Waals surface area contributed by atoms with Gasteiger partial charge in [0, 0.05) is 12.5 Å². The second kappa shape index (κ2) is 5.37. The minimum absolute atomic E-state index is 0.575. The number of hydrogen-bond acceptors (Lipinski definition) is 3. The summed E-state index contributed by atoms with van der Waals surface area (Å²) in [6.07, 6.45) is 4.43. The molecular weight excluding hydrogens is 250 g/mol. The first-order valence-electron chi connectivity index (χ1n) is 6.64. The Morgan fingerprint density at radius 2 is 2.11 bits per heavy atom. The van der Waals surface area contributed by atoms with Gasteiger partial charge in [-0.3, -0.25) is 0 Å². The first kappa shape index (κ1) is 12.1. The highest BCUT2D eigenvalue weighted by molar-refractivity contribution is 6.32. The van der Waals surface area contributed by atoms with Crippen molar-refractivity contribution in [1.82, 2.24) is 5.32 Å². The number of ether oxygens (including phenoxy) is 2. The third-order valence-electron chi connectivity index (χ3n) is 3.51. The van der Waals surface area contributed by atoms with Gasteiger partial charge in [-0.15, -0.1) is 0 Å². The lowest BCUT2D eigenvalue weighted by Crippen LogP contribution is -2.23.